The van der Waals surface area contributed by atoms with E-state index in [0.717, 1.165) is 0 Å². The highest BCUT2D eigenvalue weighted by molar-refractivity contribution is 5.64. The number of carbonyl (C=O) groups is 1. The molecule has 2 atom stereocenters. The van der Waals surface area contributed by atoms with Crippen LogP contribution in [0.3, 0.4) is 0 Å². The number of rotatable bonds is 5. The van der Waals surface area contributed by atoms with E-state index in [9.17, 15) is 4.79 Å². The van der Waals surface area contributed by atoms with Crippen molar-refractivity contribution < 1.29 is 19.7 Å². The van der Waals surface area contributed by atoms with Gasteiger partial charge in [-0.25, -0.2) is 4.79 Å². The highest BCUT2D eigenvalue weighted by Gasteiger charge is 2.25. The molecule has 0 saturated heterocycles. The molecule has 0 aliphatic rings. The lowest BCUT2D eigenvalue weighted by atomic mass is 9.98. The van der Waals surface area contributed by atoms with Crippen LogP contribution in [0.25, 0.3) is 0 Å². The molecule has 0 fully saturated rings. The minimum atomic E-state index is -1.07. The number of hydrogen-bond donors (Lipinski definition) is 3. The molecular formula is C8H17NO4. The Morgan fingerprint density at radius 1 is 1.69 bits per heavy atom. The number of aliphatic hydroxyl groups excluding tert-OH is 1. The van der Waals surface area contributed by atoms with Gasteiger partial charge in [0, 0.05) is 13.2 Å². The molecule has 0 aliphatic carbocycles. The quantitative estimate of drug-likeness (QED) is 0.588. The summed E-state index contributed by atoms with van der Waals surface area (Å²) < 4.78 is 5.06. The van der Waals surface area contributed by atoms with Gasteiger partial charge in [0.1, 0.15) is 0 Å². The van der Waals surface area contributed by atoms with Gasteiger partial charge >= 0.3 is 6.09 Å². The first-order valence-corrected chi connectivity index (χ1v) is 4.09. The average Bonchev–Trinajstić information content (AvgIpc) is 2.02. The molecule has 0 radical (unpaired) electrons. The van der Waals surface area contributed by atoms with Gasteiger partial charge in [0.25, 0.3) is 0 Å². The van der Waals surface area contributed by atoms with Crippen molar-refractivity contribution in [2.24, 2.45) is 0 Å². The van der Waals surface area contributed by atoms with Crippen molar-refractivity contribution >= 4 is 6.09 Å². The summed E-state index contributed by atoms with van der Waals surface area (Å²) in [6.45, 7) is 3.32. The molecule has 0 aromatic rings. The third-order valence-corrected chi connectivity index (χ3v) is 1.94. The number of ether oxygens (including phenoxy) is 1. The summed E-state index contributed by atoms with van der Waals surface area (Å²) in [4.78, 5) is 10.3. The minimum Gasteiger partial charge on any atom is -0.465 e. The topological polar surface area (TPSA) is 78.8 Å². The highest BCUT2D eigenvalue weighted by atomic mass is 16.5. The highest BCUT2D eigenvalue weighted by Crippen LogP contribution is 2.15. The maximum absolute atomic E-state index is 10.3. The van der Waals surface area contributed by atoms with Crippen molar-refractivity contribution in [1.29, 1.82) is 0 Å². The van der Waals surface area contributed by atoms with Gasteiger partial charge in [0.05, 0.1) is 12.2 Å². The first kappa shape index (κ1) is 12.2. The Hall–Kier alpha value is -0.810. The summed E-state index contributed by atoms with van der Waals surface area (Å²) in [7, 11) is 1.49. The minimum absolute atomic E-state index is 0.130. The van der Waals surface area contributed by atoms with Crippen molar-refractivity contribution in [3.8, 4) is 0 Å². The molecule has 0 spiro atoms. The molecule has 78 valence electrons. The van der Waals surface area contributed by atoms with Crippen LogP contribution < -0.4 is 5.32 Å². The number of aliphatic hydroxyl groups is 1. The van der Waals surface area contributed by atoms with Crippen molar-refractivity contribution in [3.05, 3.63) is 0 Å². The number of hydrogen-bond acceptors (Lipinski definition) is 3. The Morgan fingerprint density at radius 3 is 2.54 bits per heavy atom. The zero-order valence-electron chi connectivity index (χ0n) is 8.20. The lowest BCUT2D eigenvalue weighted by Crippen LogP contribution is -2.41. The van der Waals surface area contributed by atoms with Crippen LogP contribution in [0, 0.1) is 0 Å². The fourth-order valence-corrected chi connectivity index (χ4v) is 1.12. The third-order valence-electron chi connectivity index (χ3n) is 1.94. The molecule has 3 N–H and O–H groups in total. The third kappa shape index (κ3) is 4.69. The largest absolute Gasteiger partial charge is 0.465 e. The molecule has 0 saturated carbocycles. The first-order valence-electron chi connectivity index (χ1n) is 4.09. The smallest absolute Gasteiger partial charge is 0.404 e. The van der Waals surface area contributed by atoms with Crippen molar-refractivity contribution in [1.82, 2.24) is 5.32 Å². The molecule has 1 amide bonds. The Bertz CT molecular complexity index is 168. The summed E-state index contributed by atoms with van der Waals surface area (Å²) >= 11 is 0. The SMILES string of the molecule is COC(C)(CO)CC(C)NC(=O)O. The van der Waals surface area contributed by atoms with E-state index in [1.165, 1.54) is 7.11 Å². The summed E-state index contributed by atoms with van der Waals surface area (Å²) in [5.41, 5.74) is -0.679. The molecule has 5 heteroatoms. The molecule has 0 aliphatic heterocycles. The molecular weight excluding hydrogens is 174 g/mol. The van der Waals surface area contributed by atoms with Crippen LogP contribution in [0.4, 0.5) is 4.79 Å². The average molecular weight is 191 g/mol. The molecule has 0 aromatic heterocycles. The fourth-order valence-electron chi connectivity index (χ4n) is 1.12. The summed E-state index contributed by atoms with van der Waals surface area (Å²) in [6.07, 6.45) is -0.629. The van der Waals surface area contributed by atoms with E-state index in [-0.39, 0.29) is 12.6 Å². The van der Waals surface area contributed by atoms with E-state index < -0.39 is 11.7 Å². The lowest BCUT2D eigenvalue weighted by molar-refractivity contribution is -0.0479. The van der Waals surface area contributed by atoms with E-state index in [0.29, 0.717) is 6.42 Å². The second kappa shape index (κ2) is 5.04. The van der Waals surface area contributed by atoms with E-state index in [1.807, 2.05) is 0 Å². The second-order valence-corrected chi connectivity index (χ2v) is 3.37. The lowest BCUT2D eigenvalue weighted by Gasteiger charge is -2.28. The van der Waals surface area contributed by atoms with E-state index in [4.69, 9.17) is 14.9 Å². The Kier molecular flexibility index (Phi) is 4.72. The van der Waals surface area contributed by atoms with Crippen molar-refractivity contribution in [3.63, 3.8) is 0 Å². The normalized spacial score (nSPS) is 17.5. The summed E-state index contributed by atoms with van der Waals surface area (Å²) in [6, 6.07) is -0.241. The van der Waals surface area contributed by atoms with Crippen LogP contribution in [0.5, 0.6) is 0 Å². The Labute approximate surface area is 77.7 Å². The van der Waals surface area contributed by atoms with Crippen LogP contribution >= 0.6 is 0 Å². The van der Waals surface area contributed by atoms with Gasteiger partial charge in [0.15, 0.2) is 0 Å². The maximum atomic E-state index is 10.3. The van der Waals surface area contributed by atoms with Crippen molar-refractivity contribution in [2.45, 2.75) is 31.9 Å². The summed E-state index contributed by atoms with van der Waals surface area (Å²) in [5.74, 6) is 0. The number of methoxy groups -OCH3 is 1. The predicted octanol–water partition coefficient (Wildman–Crippen LogP) is 0.430. The molecule has 0 aromatic carbocycles. The van der Waals surface area contributed by atoms with Gasteiger partial charge in [-0.15, -0.1) is 0 Å². The van der Waals surface area contributed by atoms with Gasteiger partial charge in [-0.3, -0.25) is 0 Å². The number of nitrogens with one attached hydrogen (secondary N) is 1. The van der Waals surface area contributed by atoms with E-state index >= 15 is 0 Å². The monoisotopic (exact) mass is 191 g/mol. The summed E-state index contributed by atoms with van der Waals surface area (Å²) in [5, 5.41) is 19.7. The second-order valence-electron chi connectivity index (χ2n) is 3.37. The van der Waals surface area contributed by atoms with Gasteiger partial charge in [-0.05, 0) is 20.3 Å². The van der Waals surface area contributed by atoms with Gasteiger partial charge < -0.3 is 20.3 Å². The van der Waals surface area contributed by atoms with Gasteiger partial charge in [-0.2, -0.15) is 0 Å². The van der Waals surface area contributed by atoms with Crippen LogP contribution in [-0.4, -0.2) is 41.7 Å². The molecule has 5 nitrogen and oxygen atoms in total. The zero-order chi connectivity index (χ0) is 10.5. The van der Waals surface area contributed by atoms with Crippen LogP contribution in [-0.2, 0) is 4.74 Å². The van der Waals surface area contributed by atoms with E-state index in [2.05, 4.69) is 5.32 Å². The van der Waals surface area contributed by atoms with Crippen LogP contribution in [0.15, 0.2) is 0 Å². The number of carboxylic acid groups (broad SMARTS) is 1. The molecule has 13 heavy (non-hydrogen) atoms. The number of amides is 1. The molecule has 0 bridgehead atoms. The maximum Gasteiger partial charge on any atom is 0.404 e. The standard InChI is InChI=1S/C8H17NO4/c1-6(9-7(11)12)4-8(2,5-10)13-3/h6,9-10H,4-5H2,1-3H3,(H,11,12). The van der Waals surface area contributed by atoms with Gasteiger partial charge in [-0.1, -0.05) is 0 Å². The zero-order valence-corrected chi connectivity index (χ0v) is 8.20. The molecule has 0 heterocycles. The molecule has 2 unspecified atom stereocenters. The Balaban J connectivity index is 4.01. The van der Waals surface area contributed by atoms with E-state index in [1.54, 1.807) is 13.8 Å². The van der Waals surface area contributed by atoms with Gasteiger partial charge in [0.2, 0.25) is 0 Å². The van der Waals surface area contributed by atoms with Crippen molar-refractivity contribution in [2.75, 3.05) is 13.7 Å². The van der Waals surface area contributed by atoms with Crippen LogP contribution in [0.1, 0.15) is 20.3 Å². The predicted molar refractivity (Wildman–Crippen MR) is 47.7 cm³/mol. The van der Waals surface area contributed by atoms with Crippen LogP contribution in [0.2, 0.25) is 0 Å². The molecule has 0 rings (SSSR count). The first-order chi connectivity index (χ1) is 5.93. The Morgan fingerprint density at radius 2 is 2.23 bits per heavy atom. The fraction of sp³-hybridized carbons (Fsp3) is 0.875.